The molecule has 3 heterocycles. The molecule has 0 unspecified atom stereocenters. The van der Waals surface area contributed by atoms with Crippen LogP contribution in [0.3, 0.4) is 0 Å². The van der Waals surface area contributed by atoms with Gasteiger partial charge >= 0.3 is 0 Å². The SMILES string of the molecule is CCN1CCC(c2cc3c(N[C@H](C)c4cccc(C(F)F)c4F)nc(C)nc3n(C)c2=O)CC1. The average Bonchev–Trinajstić information content (AvgIpc) is 2.81. The van der Waals surface area contributed by atoms with E-state index in [-0.39, 0.29) is 17.0 Å². The first-order chi connectivity index (χ1) is 16.2. The monoisotopic (exact) mass is 473 g/mol. The van der Waals surface area contributed by atoms with E-state index < -0.39 is 23.8 Å². The molecular formula is C25H30F3N5O. The molecule has 1 aliphatic rings. The van der Waals surface area contributed by atoms with Gasteiger partial charge in [-0.3, -0.25) is 9.36 Å². The first-order valence-electron chi connectivity index (χ1n) is 11.6. The highest BCUT2D eigenvalue weighted by molar-refractivity contribution is 5.87. The van der Waals surface area contributed by atoms with Crippen LogP contribution in [-0.4, -0.2) is 39.1 Å². The summed E-state index contributed by atoms with van der Waals surface area (Å²) in [6.07, 6.45) is -1.11. The average molecular weight is 474 g/mol. The molecular weight excluding hydrogens is 443 g/mol. The lowest BCUT2D eigenvalue weighted by Gasteiger charge is -2.31. The van der Waals surface area contributed by atoms with Gasteiger partial charge in [0.15, 0.2) is 0 Å². The van der Waals surface area contributed by atoms with Crippen molar-refractivity contribution in [3.05, 3.63) is 63.0 Å². The van der Waals surface area contributed by atoms with Crippen LogP contribution >= 0.6 is 0 Å². The Morgan fingerprint density at radius 2 is 1.85 bits per heavy atom. The highest BCUT2D eigenvalue weighted by atomic mass is 19.3. The topological polar surface area (TPSA) is 63.0 Å². The van der Waals surface area contributed by atoms with Crippen molar-refractivity contribution in [1.29, 1.82) is 0 Å². The number of aryl methyl sites for hydroxylation is 2. The van der Waals surface area contributed by atoms with E-state index in [1.807, 2.05) is 6.07 Å². The largest absolute Gasteiger partial charge is 0.363 e. The summed E-state index contributed by atoms with van der Waals surface area (Å²) >= 11 is 0. The normalized spacial score (nSPS) is 16.4. The highest BCUT2D eigenvalue weighted by Gasteiger charge is 2.25. The molecule has 34 heavy (non-hydrogen) atoms. The van der Waals surface area contributed by atoms with Gasteiger partial charge in [0.1, 0.15) is 23.1 Å². The van der Waals surface area contributed by atoms with E-state index in [0.717, 1.165) is 44.1 Å². The van der Waals surface area contributed by atoms with Crippen molar-refractivity contribution >= 4 is 16.9 Å². The fraction of sp³-hybridized carbons (Fsp3) is 0.480. The zero-order chi connectivity index (χ0) is 24.6. The Labute approximate surface area is 196 Å². The summed E-state index contributed by atoms with van der Waals surface area (Å²) in [6, 6.07) is 5.21. The molecule has 1 aromatic carbocycles. The molecule has 0 radical (unpaired) electrons. The Morgan fingerprint density at radius 1 is 1.18 bits per heavy atom. The Bertz CT molecular complexity index is 1250. The van der Waals surface area contributed by atoms with E-state index in [9.17, 15) is 18.0 Å². The van der Waals surface area contributed by atoms with E-state index in [1.54, 1.807) is 25.5 Å². The van der Waals surface area contributed by atoms with Gasteiger partial charge in [0.25, 0.3) is 12.0 Å². The lowest BCUT2D eigenvalue weighted by molar-refractivity contribution is 0.146. The standard InChI is InChI=1S/C25H30F3N5O/c1-5-33-11-9-16(10-12-33)19-13-20-23(30-15(3)31-24(20)32(4)25(19)34)29-14(2)17-7-6-8-18(21(17)26)22(27)28/h6-8,13-14,16,22H,5,9-12H2,1-4H3,(H,29,30,31)/t14-/m1/s1. The van der Waals surface area contributed by atoms with Gasteiger partial charge in [0.2, 0.25) is 0 Å². The number of fused-ring (bicyclic) bond motifs is 1. The molecule has 0 bridgehead atoms. The fourth-order valence-corrected chi connectivity index (χ4v) is 4.78. The summed E-state index contributed by atoms with van der Waals surface area (Å²) in [7, 11) is 1.70. The van der Waals surface area contributed by atoms with Crippen LogP contribution in [0.15, 0.2) is 29.1 Å². The third kappa shape index (κ3) is 4.53. The molecule has 0 spiro atoms. The van der Waals surface area contributed by atoms with Crippen LogP contribution < -0.4 is 10.9 Å². The van der Waals surface area contributed by atoms with Gasteiger partial charge in [0, 0.05) is 18.2 Å². The molecule has 1 atom stereocenters. The lowest BCUT2D eigenvalue weighted by Crippen LogP contribution is -2.35. The molecule has 4 rings (SSSR count). The molecule has 6 nitrogen and oxygen atoms in total. The number of anilines is 1. The van der Waals surface area contributed by atoms with Crippen LogP contribution in [0, 0.1) is 12.7 Å². The van der Waals surface area contributed by atoms with Crippen molar-refractivity contribution in [3.8, 4) is 0 Å². The van der Waals surface area contributed by atoms with Gasteiger partial charge in [0.05, 0.1) is 17.0 Å². The minimum Gasteiger partial charge on any atom is -0.363 e. The summed E-state index contributed by atoms with van der Waals surface area (Å²) in [5, 5.41) is 3.83. The Kier molecular flexibility index (Phi) is 6.93. The summed E-state index contributed by atoms with van der Waals surface area (Å²) in [4.78, 5) is 24.6. The first kappa shape index (κ1) is 24.2. The van der Waals surface area contributed by atoms with Crippen LogP contribution in [0.1, 0.15) is 67.6 Å². The number of hydrogen-bond acceptors (Lipinski definition) is 5. The number of pyridine rings is 1. The third-order valence-electron chi connectivity index (χ3n) is 6.79. The highest BCUT2D eigenvalue weighted by Crippen LogP contribution is 2.32. The number of alkyl halides is 2. The molecule has 1 N–H and O–H groups in total. The maximum absolute atomic E-state index is 14.8. The molecule has 0 amide bonds. The van der Waals surface area contributed by atoms with Crippen LogP contribution in [0.4, 0.5) is 19.0 Å². The Morgan fingerprint density at radius 3 is 2.50 bits per heavy atom. The zero-order valence-electron chi connectivity index (χ0n) is 19.9. The minimum absolute atomic E-state index is 0.0739. The number of hydrogen-bond donors (Lipinski definition) is 1. The van der Waals surface area contributed by atoms with E-state index in [4.69, 9.17) is 0 Å². The number of nitrogens with one attached hydrogen (secondary N) is 1. The molecule has 1 aliphatic heterocycles. The molecule has 2 aromatic heterocycles. The van der Waals surface area contributed by atoms with Crippen molar-refractivity contribution in [1.82, 2.24) is 19.4 Å². The molecule has 3 aromatic rings. The van der Waals surface area contributed by atoms with E-state index in [0.29, 0.717) is 22.7 Å². The fourth-order valence-electron chi connectivity index (χ4n) is 4.78. The first-order valence-corrected chi connectivity index (χ1v) is 11.6. The van der Waals surface area contributed by atoms with Crippen LogP contribution in [0.2, 0.25) is 0 Å². The quantitative estimate of drug-likeness (QED) is 0.541. The summed E-state index contributed by atoms with van der Waals surface area (Å²) in [6.45, 7) is 8.41. The molecule has 1 saturated heterocycles. The van der Waals surface area contributed by atoms with E-state index in [1.165, 1.54) is 12.1 Å². The summed E-state index contributed by atoms with van der Waals surface area (Å²) < 4.78 is 42.7. The smallest absolute Gasteiger partial charge is 0.266 e. The second-order valence-electron chi connectivity index (χ2n) is 8.95. The predicted octanol–water partition coefficient (Wildman–Crippen LogP) is 5.09. The number of nitrogens with zero attached hydrogens (tertiary/aromatic N) is 4. The van der Waals surface area contributed by atoms with Crippen LogP contribution in [0.5, 0.6) is 0 Å². The van der Waals surface area contributed by atoms with E-state index in [2.05, 4.69) is 27.1 Å². The maximum Gasteiger partial charge on any atom is 0.266 e. The lowest BCUT2D eigenvalue weighted by atomic mass is 9.89. The van der Waals surface area contributed by atoms with Gasteiger partial charge in [-0.2, -0.15) is 0 Å². The number of piperidine rings is 1. The van der Waals surface area contributed by atoms with Crippen molar-refractivity contribution < 1.29 is 13.2 Å². The van der Waals surface area contributed by atoms with Crippen molar-refractivity contribution in [2.45, 2.75) is 52.0 Å². The molecule has 1 fully saturated rings. The van der Waals surface area contributed by atoms with Gasteiger partial charge in [-0.05, 0) is 58.3 Å². The Hall–Kier alpha value is -2.94. The van der Waals surface area contributed by atoms with Gasteiger partial charge < -0.3 is 10.2 Å². The number of rotatable bonds is 6. The van der Waals surface area contributed by atoms with E-state index >= 15 is 0 Å². The third-order valence-corrected chi connectivity index (χ3v) is 6.79. The molecule has 0 saturated carbocycles. The van der Waals surface area contributed by atoms with Crippen molar-refractivity contribution in [2.75, 3.05) is 25.0 Å². The van der Waals surface area contributed by atoms with Gasteiger partial charge in [-0.25, -0.2) is 23.1 Å². The molecule has 182 valence electrons. The number of halogens is 3. The molecule has 9 heteroatoms. The van der Waals surface area contributed by atoms with Gasteiger partial charge in [-0.15, -0.1) is 0 Å². The number of aromatic nitrogens is 3. The predicted molar refractivity (Wildman–Crippen MR) is 127 cm³/mol. The summed E-state index contributed by atoms with van der Waals surface area (Å²) in [5.74, 6) is 0.101. The van der Waals surface area contributed by atoms with Crippen LogP contribution in [-0.2, 0) is 7.05 Å². The second kappa shape index (κ2) is 9.74. The minimum atomic E-state index is -2.90. The zero-order valence-corrected chi connectivity index (χ0v) is 19.9. The van der Waals surface area contributed by atoms with Crippen LogP contribution in [0.25, 0.3) is 11.0 Å². The molecule has 0 aliphatic carbocycles. The van der Waals surface area contributed by atoms with Gasteiger partial charge in [-0.1, -0.05) is 25.1 Å². The number of benzene rings is 1. The second-order valence-corrected chi connectivity index (χ2v) is 8.95. The van der Waals surface area contributed by atoms with Crippen molar-refractivity contribution in [2.24, 2.45) is 7.05 Å². The van der Waals surface area contributed by atoms with Crippen molar-refractivity contribution in [3.63, 3.8) is 0 Å². The maximum atomic E-state index is 14.8. The Balaban J connectivity index is 1.75. The number of likely N-dealkylation sites (tertiary alicyclic amines) is 1. The summed E-state index contributed by atoms with van der Waals surface area (Å²) in [5.41, 5.74) is 0.621.